The molecule has 0 fully saturated rings. The van der Waals surface area contributed by atoms with Crippen LogP contribution in [0.4, 0.5) is 13.2 Å². The van der Waals surface area contributed by atoms with Crippen molar-refractivity contribution in [3.8, 4) is 0 Å². The number of rotatable bonds is 2. The van der Waals surface area contributed by atoms with Crippen molar-refractivity contribution in [1.29, 1.82) is 0 Å². The number of aromatic amines is 1. The Morgan fingerprint density at radius 1 is 1.28 bits per heavy atom. The zero-order chi connectivity index (χ0) is 18.4. The zero-order valence-electron chi connectivity index (χ0n) is 14.9. The molecular weight excluding hydrogens is 331 g/mol. The van der Waals surface area contributed by atoms with Crippen LogP contribution in [0.15, 0.2) is 15.9 Å². The number of aromatic nitrogens is 2. The van der Waals surface area contributed by atoms with Gasteiger partial charge in [0.25, 0.3) is 5.56 Å². The quantitative estimate of drug-likeness (QED) is 0.824. The molecule has 0 spiro atoms. The molecule has 0 aromatic carbocycles. The van der Waals surface area contributed by atoms with Crippen LogP contribution in [0.25, 0.3) is 0 Å². The number of fused-ring (bicyclic) bond motifs is 1. The lowest BCUT2D eigenvalue weighted by molar-refractivity contribution is -0.145. The highest BCUT2D eigenvalue weighted by Gasteiger charge is 2.36. The van der Waals surface area contributed by atoms with Gasteiger partial charge in [-0.15, -0.1) is 0 Å². The number of hydrogen-bond acceptors (Lipinski definition) is 3. The second-order valence-corrected chi connectivity index (χ2v) is 7.79. The first-order valence-corrected chi connectivity index (χ1v) is 8.68. The van der Waals surface area contributed by atoms with Gasteiger partial charge >= 0.3 is 6.18 Å². The summed E-state index contributed by atoms with van der Waals surface area (Å²) in [7, 11) is 0. The second-order valence-electron chi connectivity index (χ2n) is 7.79. The number of allylic oxidation sites excluding steroid dienone is 1. The predicted octanol–water partition coefficient (Wildman–Crippen LogP) is 3.67. The number of nitrogens with zero attached hydrogens (tertiary/aromatic N) is 2. The molecule has 1 aliphatic carbocycles. The van der Waals surface area contributed by atoms with Crippen molar-refractivity contribution in [2.45, 2.75) is 59.2 Å². The molecule has 0 radical (unpaired) electrons. The first kappa shape index (κ1) is 18.2. The van der Waals surface area contributed by atoms with Crippen LogP contribution < -0.4 is 5.56 Å². The predicted molar refractivity (Wildman–Crippen MR) is 89.2 cm³/mol. The molecule has 25 heavy (non-hydrogen) atoms. The van der Waals surface area contributed by atoms with Crippen LogP contribution in [0.3, 0.4) is 0 Å². The highest BCUT2D eigenvalue weighted by Crippen LogP contribution is 2.40. The van der Waals surface area contributed by atoms with Gasteiger partial charge in [-0.1, -0.05) is 25.0 Å². The van der Waals surface area contributed by atoms with Gasteiger partial charge in [0.15, 0.2) is 0 Å². The van der Waals surface area contributed by atoms with Gasteiger partial charge in [-0.05, 0) is 31.6 Å². The molecule has 4 nitrogen and oxygen atoms in total. The molecule has 0 bridgehead atoms. The van der Waals surface area contributed by atoms with E-state index in [2.05, 4.69) is 30.7 Å². The van der Waals surface area contributed by atoms with E-state index in [4.69, 9.17) is 0 Å². The van der Waals surface area contributed by atoms with Gasteiger partial charge in [-0.3, -0.25) is 9.69 Å². The van der Waals surface area contributed by atoms with Crippen molar-refractivity contribution in [1.82, 2.24) is 14.9 Å². The lowest BCUT2D eigenvalue weighted by atomic mass is 9.72. The first-order chi connectivity index (χ1) is 11.6. The number of halogens is 3. The van der Waals surface area contributed by atoms with Crippen molar-refractivity contribution < 1.29 is 13.2 Å². The third-order valence-electron chi connectivity index (χ3n) is 5.48. The first-order valence-electron chi connectivity index (χ1n) is 8.68. The highest BCUT2D eigenvalue weighted by molar-refractivity contribution is 5.26. The maximum atomic E-state index is 12.8. The van der Waals surface area contributed by atoms with E-state index in [1.54, 1.807) is 0 Å². The Labute approximate surface area is 145 Å². The van der Waals surface area contributed by atoms with E-state index < -0.39 is 17.6 Å². The summed E-state index contributed by atoms with van der Waals surface area (Å²) in [6, 6.07) is 0. The third kappa shape index (κ3) is 3.66. The molecule has 0 saturated heterocycles. The lowest BCUT2D eigenvalue weighted by Crippen LogP contribution is -2.40. The summed E-state index contributed by atoms with van der Waals surface area (Å²) in [6.07, 6.45) is -0.828. The van der Waals surface area contributed by atoms with E-state index >= 15 is 0 Å². The van der Waals surface area contributed by atoms with Gasteiger partial charge < -0.3 is 4.98 Å². The molecule has 0 saturated carbocycles. The molecular formula is C18H24F3N3O. The average Bonchev–Trinajstić information content (AvgIpc) is 2.50. The Kier molecular flexibility index (Phi) is 4.56. The number of H-pyrrole nitrogens is 1. The van der Waals surface area contributed by atoms with Crippen LogP contribution in [0.2, 0.25) is 0 Å². The highest BCUT2D eigenvalue weighted by atomic mass is 19.4. The van der Waals surface area contributed by atoms with Crippen LogP contribution >= 0.6 is 0 Å². The monoisotopic (exact) mass is 355 g/mol. The molecule has 2 aliphatic rings. The fraction of sp³-hybridized carbons (Fsp3) is 0.667. The van der Waals surface area contributed by atoms with Crippen LogP contribution in [-0.4, -0.2) is 28.0 Å². The Balaban J connectivity index is 1.84. The van der Waals surface area contributed by atoms with Gasteiger partial charge in [0.05, 0.1) is 11.3 Å². The minimum Gasteiger partial charge on any atom is -0.303 e. The van der Waals surface area contributed by atoms with Crippen LogP contribution in [-0.2, 0) is 19.1 Å². The second kappa shape index (κ2) is 6.27. The third-order valence-corrected chi connectivity index (χ3v) is 5.48. The molecule has 7 heteroatoms. The van der Waals surface area contributed by atoms with Gasteiger partial charge in [0, 0.05) is 26.1 Å². The standard InChI is InChI=1S/C18H24F3N3O/c1-11-5-4-7-17(2,3)13(11)10-24-8-6-14-12(9-24)15(25)23-16(22-14)18(19,20)21/h4-10H2,1-3H3,(H,22,23,25). The van der Waals surface area contributed by atoms with E-state index in [9.17, 15) is 18.0 Å². The Bertz CT molecular complexity index is 762. The van der Waals surface area contributed by atoms with Crippen LogP contribution in [0.1, 0.15) is 57.1 Å². The summed E-state index contributed by atoms with van der Waals surface area (Å²) in [4.78, 5) is 19.8. The maximum absolute atomic E-state index is 12.8. The zero-order valence-corrected chi connectivity index (χ0v) is 14.9. The van der Waals surface area contributed by atoms with E-state index in [1.165, 1.54) is 17.6 Å². The lowest BCUT2D eigenvalue weighted by Gasteiger charge is -2.38. The molecule has 0 atom stereocenters. The molecule has 1 N–H and O–H groups in total. The van der Waals surface area contributed by atoms with Crippen molar-refractivity contribution in [3.05, 3.63) is 38.6 Å². The summed E-state index contributed by atoms with van der Waals surface area (Å²) < 4.78 is 38.4. The Morgan fingerprint density at radius 3 is 2.64 bits per heavy atom. The summed E-state index contributed by atoms with van der Waals surface area (Å²) in [6.45, 7) is 8.38. The van der Waals surface area contributed by atoms with E-state index in [1.807, 2.05) is 4.98 Å². The van der Waals surface area contributed by atoms with Gasteiger partial charge in [0.1, 0.15) is 0 Å². The van der Waals surface area contributed by atoms with Crippen molar-refractivity contribution >= 4 is 0 Å². The smallest absolute Gasteiger partial charge is 0.303 e. The van der Waals surface area contributed by atoms with Gasteiger partial charge in [-0.2, -0.15) is 13.2 Å². The normalized spacial score (nSPS) is 21.4. The molecule has 0 amide bonds. The van der Waals surface area contributed by atoms with Crippen LogP contribution in [0, 0.1) is 5.41 Å². The molecule has 1 aliphatic heterocycles. The Hall–Kier alpha value is -1.63. The fourth-order valence-corrected chi connectivity index (χ4v) is 4.00. The molecule has 3 rings (SSSR count). The molecule has 138 valence electrons. The maximum Gasteiger partial charge on any atom is 0.449 e. The van der Waals surface area contributed by atoms with E-state index in [0.717, 1.165) is 19.4 Å². The van der Waals surface area contributed by atoms with Crippen molar-refractivity contribution in [2.24, 2.45) is 5.41 Å². The number of hydrogen-bond donors (Lipinski definition) is 1. The summed E-state index contributed by atoms with van der Waals surface area (Å²) in [5, 5.41) is 0. The SMILES string of the molecule is CC1=C(CN2CCc3nc(C(F)(F)F)[nH]c(=O)c3C2)C(C)(C)CCC1. The fourth-order valence-electron chi connectivity index (χ4n) is 4.00. The minimum absolute atomic E-state index is 0.132. The largest absolute Gasteiger partial charge is 0.449 e. The molecule has 0 unspecified atom stereocenters. The van der Waals surface area contributed by atoms with E-state index in [0.29, 0.717) is 25.1 Å². The molecule has 2 heterocycles. The molecule has 1 aromatic rings. The summed E-state index contributed by atoms with van der Waals surface area (Å²) in [5.74, 6) is -1.20. The van der Waals surface area contributed by atoms with Gasteiger partial charge in [0.2, 0.25) is 5.82 Å². The van der Waals surface area contributed by atoms with E-state index in [-0.39, 0.29) is 11.1 Å². The van der Waals surface area contributed by atoms with Crippen LogP contribution in [0.5, 0.6) is 0 Å². The molecule has 1 aromatic heterocycles. The Morgan fingerprint density at radius 2 is 2.00 bits per heavy atom. The summed E-state index contributed by atoms with van der Waals surface area (Å²) >= 11 is 0. The minimum atomic E-state index is -4.63. The number of nitrogens with one attached hydrogen (secondary N) is 1. The number of alkyl halides is 3. The summed E-state index contributed by atoms with van der Waals surface area (Å²) in [5.41, 5.74) is 2.91. The topological polar surface area (TPSA) is 49.0 Å². The average molecular weight is 355 g/mol. The van der Waals surface area contributed by atoms with Gasteiger partial charge in [-0.25, -0.2) is 4.98 Å². The van der Waals surface area contributed by atoms with Crippen molar-refractivity contribution in [3.63, 3.8) is 0 Å². The van der Waals surface area contributed by atoms with Crippen molar-refractivity contribution in [2.75, 3.05) is 13.1 Å².